The zero-order valence-electron chi connectivity index (χ0n) is 14.9. The van der Waals surface area contributed by atoms with Crippen molar-refractivity contribution in [1.82, 2.24) is 4.98 Å². The molecule has 0 radical (unpaired) electrons. The maximum Gasteiger partial charge on any atom is 0.257 e. The van der Waals surface area contributed by atoms with E-state index in [2.05, 4.69) is 40.3 Å². The molecule has 1 unspecified atom stereocenters. The average molecular weight is 343 g/mol. The lowest BCUT2D eigenvalue weighted by atomic mass is 10.1. The van der Waals surface area contributed by atoms with Crippen LogP contribution in [-0.4, -0.2) is 16.9 Å². The number of pyridine rings is 1. The van der Waals surface area contributed by atoms with Crippen molar-refractivity contribution in [1.29, 1.82) is 0 Å². The average Bonchev–Trinajstić information content (AvgIpc) is 2.99. The number of carbonyl (C=O) groups is 1. The predicted molar refractivity (Wildman–Crippen MR) is 105 cm³/mol. The van der Waals surface area contributed by atoms with E-state index < -0.39 is 0 Å². The molecule has 1 aliphatic rings. The Kier molecular flexibility index (Phi) is 4.17. The molecule has 3 aromatic rings. The molecular weight excluding hydrogens is 322 g/mol. The predicted octanol–water partition coefficient (Wildman–Crippen LogP) is 4.73. The van der Waals surface area contributed by atoms with Gasteiger partial charge in [0.15, 0.2) is 0 Å². The van der Waals surface area contributed by atoms with E-state index in [9.17, 15) is 4.79 Å². The lowest BCUT2D eigenvalue weighted by molar-refractivity contribution is 0.102. The Morgan fingerprint density at radius 2 is 1.88 bits per heavy atom. The lowest BCUT2D eigenvalue weighted by Crippen LogP contribution is -2.24. The van der Waals surface area contributed by atoms with Crippen LogP contribution in [0.5, 0.6) is 0 Å². The van der Waals surface area contributed by atoms with Crippen LogP contribution in [0.15, 0.2) is 67.0 Å². The first-order valence-electron chi connectivity index (χ1n) is 8.82. The summed E-state index contributed by atoms with van der Waals surface area (Å²) in [5.41, 5.74) is 5.96. The summed E-state index contributed by atoms with van der Waals surface area (Å²) < 4.78 is 0. The highest BCUT2D eigenvalue weighted by Gasteiger charge is 2.27. The van der Waals surface area contributed by atoms with E-state index >= 15 is 0 Å². The van der Waals surface area contributed by atoms with E-state index in [1.54, 1.807) is 6.20 Å². The fourth-order valence-corrected chi connectivity index (χ4v) is 3.48. The Hall–Kier alpha value is -3.14. The molecule has 2 aromatic carbocycles. The number of hydrogen-bond donors (Lipinski definition) is 1. The number of nitrogens with zero attached hydrogens (tertiary/aromatic N) is 2. The summed E-state index contributed by atoms with van der Waals surface area (Å²) in [6, 6.07) is 18.4. The van der Waals surface area contributed by atoms with Gasteiger partial charge in [0.1, 0.15) is 0 Å². The Bertz CT molecular complexity index is 950. The van der Waals surface area contributed by atoms with Crippen LogP contribution in [0.4, 0.5) is 17.1 Å². The molecule has 0 fully saturated rings. The molecule has 1 N–H and O–H groups in total. The highest BCUT2D eigenvalue weighted by molar-refractivity contribution is 6.04. The standard InChI is InChI=1S/C22H21N3O/c1-15-7-9-19(10-8-15)24-22(26)18-12-20(14-23-13-18)25-16(2)11-17-5-3-4-6-21(17)25/h3-10,12-14,16H,11H2,1-2H3,(H,24,26). The number of anilines is 3. The van der Waals surface area contributed by atoms with Gasteiger partial charge in [0, 0.05) is 23.6 Å². The van der Waals surface area contributed by atoms with E-state index in [0.717, 1.165) is 23.4 Å². The molecule has 1 aromatic heterocycles. The van der Waals surface area contributed by atoms with Gasteiger partial charge in [0.25, 0.3) is 5.91 Å². The molecule has 0 aliphatic carbocycles. The van der Waals surface area contributed by atoms with Crippen molar-refractivity contribution in [3.63, 3.8) is 0 Å². The minimum absolute atomic E-state index is 0.150. The molecule has 1 amide bonds. The molecule has 1 atom stereocenters. The maximum atomic E-state index is 12.6. The molecule has 4 nitrogen and oxygen atoms in total. The molecule has 26 heavy (non-hydrogen) atoms. The van der Waals surface area contributed by atoms with E-state index in [0.29, 0.717) is 11.6 Å². The van der Waals surface area contributed by atoms with Gasteiger partial charge in [-0.15, -0.1) is 0 Å². The fourth-order valence-electron chi connectivity index (χ4n) is 3.48. The lowest BCUT2D eigenvalue weighted by Gasteiger charge is -2.25. The molecule has 2 heterocycles. The van der Waals surface area contributed by atoms with Gasteiger partial charge < -0.3 is 10.2 Å². The molecular formula is C22H21N3O. The second-order valence-electron chi connectivity index (χ2n) is 6.80. The highest BCUT2D eigenvalue weighted by atomic mass is 16.1. The van der Waals surface area contributed by atoms with Gasteiger partial charge in [-0.25, -0.2) is 0 Å². The van der Waals surface area contributed by atoms with Crippen LogP contribution in [0.25, 0.3) is 0 Å². The van der Waals surface area contributed by atoms with Crippen LogP contribution in [-0.2, 0) is 6.42 Å². The number of amides is 1. The second-order valence-corrected chi connectivity index (χ2v) is 6.80. The van der Waals surface area contributed by atoms with E-state index in [1.807, 2.05) is 49.5 Å². The molecule has 4 rings (SSSR count). The van der Waals surface area contributed by atoms with Gasteiger partial charge in [-0.2, -0.15) is 0 Å². The van der Waals surface area contributed by atoms with Crippen LogP contribution in [0.2, 0.25) is 0 Å². The van der Waals surface area contributed by atoms with Crippen LogP contribution in [0, 0.1) is 6.92 Å². The molecule has 130 valence electrons. The molecule has 1 aliphatic heterocycles. The summed E-state index contributed by atoms with van der Waals surface area (Å²) in [4.78, 5) is 19.2. The number of fused-ring (bicyclic) bond motifs is 1. The zero-order valence-corrected chi connectivity index (χ0v) is 14.9. The number of benzene rings is 2. The summed E-state index contributed by atoms with van der Waals surface area (Å²) >= 11 is 0. The van der Waals surface area contributed by atoms with Gasteiger partial charge in [0.05, 0.1) is 17.4 Å². The van der Waals surface area contributed by atoms with Gasteiger partial charge in [-0.3, -0.25) is 9.78 Å². The molecule has 0 spiro atoms. The maximum absolute atomic E-state index is 12.6. The van der Waals surface area contributed by atoms with E-state index in [4.69, 9.17) is 0 Å². The number of para-hydroxylation sites is 1. The molecule has 0 saturated carbocycles. The van der Waals surface area contributed by atoms with Crippen molar-refractivity contribution in [2.75, 3.05) is 10.2 Å². The summed E-state index contributed by atoms with van der Waals surface area (Å²) in [6.45, 7) is 4.22. The third-order valence-electron chi connectivity index (χ3n) is 4.78. The van der Waals surface area contributed by atoms with Crippen LogP contribution in [0.1, 0.15) is 28.4 Å². The Labute approximate surface area is 153 Å². The van der Waals surface area contributed by atoms with E-state index in [-0.39, 0.29) is 5.91 Å². The quantitative estimate of drug-likeness (QED) is 0.748. The summed E-state index contributed by atoms with van der Waals surface area (Å²) in [5, 5.41) is 2.94. The highest BCUT2D eigenvalue weighted by Crippen LogP contribution is 2.37. The van der Waals surface area contributed by atoms with Crippen LogP contribution < -0.4 is 10.2 Å². The van der Waals surface area contributed by atoms with Crippen molar-refractivity contribution in [3.8, 4) is 0 Å². The van der Waals surface area contributed by atoms with Crippen molar-refractivity contribution in [3.05, 3.63) is 83.7 Å². The summed E-state index contributed by atoms with van der Waals surface area (Å²) in [7, 11) is 0. The summed E-state index contributed by atoms with van der Waals surface area (Å²) in [5.74, 6) is -0.150. The monoisotopic (exact) mass is 343 g/mol. The molecule has 0 saturated heterocycles. The summed E-state index contributed by atoms with van der Waals surface area (Å²) in [6.07, 6.45) is 4.43. The third kappa shape index (κ3) is 3.06. The third-order valence-corrected chi connectivity index (χ3v) is 4.78. The smallest absolute Gasteiger partial charge is 0.257 e. The first kappa shape index (κ1) is 16.3. The minimum atomic E-state index is -0.150. The zero-order chi connectivity index (χ0) is 18.1. The fraction of sp³-hybridized carbons (Fsp3) is 0.182. The Morgan fingerprint density at radius 1 is 1.12 bits per heavy atom. The van der Waals surface area contributed by atoms with Crippen LogP contribution >= 0.6 is 0 Å². The number of nitrogens with one attached hydrogen (secondary N) is 1. The van der Waals surface area contributed by atoms with Gasteiger partial charge in [-0.1, -0.05) is 35.9 Å². The number of aryl methyl sites for hydroxylation is 1. The molecule has 0 bridgehead atoms. The van der Waals surface area contributed by atoms with Crippen molar-refractivity contribution >= 4 is 23.0 Å². The number of carbonyl (C=O) groups excluding carboxylic acids is 1. The second kappa shape index (κ2) is 6.64. The normalized spacial score (nSPS) is 15.6. The largest absolute Gasteiger partial charge is 0.337 e. The first-order valence-corrected chi connectivity index (χ1v) is 8.82. The molecule has 4 heteroatoms. The van der Waals surface area contributed by atoms with E-state index in [1.165, 1.54) is 11.3 Å². The van der Waals surface area contributed by atoms with Crippen molar-refractivity contribution < 1.29 is 4.79 Å². The number of aromatic nitrogens is 1. The van der Waals surface area contributed by atoms with Crippen molar-refractivity contribution in [2.45, 2.75) is 26.3 Å². The SMILES string of the molecule is Cc1ccc(NC(=O)c2cncc(N3c4ccccc4CC3C)c2)cc1. The Morgan fingerprint density at radius 3 is 2.69 bits per heavy atom. The number of hydrogen-bond acceptors (Lipinski definition) is 3. The van der Waals surface area contributed by atoms with Gasteiger partial charge in [0.2, 0.25) is 0 Å². The minimum Gasteiger partial charge on any atom is -0.337 e. The topological polar surface area (TPSA) is 45.2 Å². The van der Waals surface area contributed by atoms with Crippen LogP contribution in [0.3, 0.4) is 0 Å². The van der Waals surface area contributed by atoms with Gasteiger partial charge in [-0.05, 0) is 50.1 Å². The van der Waals surface area contributed by atoms with Crippen molar-refractivity contribution in [2.24, 2.45) is 0 Å². The number of rotatable bonds is 3. The Balaban J connectivity index is 1.61. The first-order chi connectivity index (χ1) is 12.6. The van der Waals surface area contributed by atoms with Gasteiger partial charge >= 0.3 is 0 Å².